The van der Waals surface area contributed by atoms with Crippen molar-refractivity contribution in [3.8, 4) is 5.75 Å². The first-order chi connectivity index (χ1) is 8.79. The molecule has 4 nitrogen and oxygen atoms in total. The van der Waals surface area contributed by atoms with Crippen LogP contribution in [-0.2, 0) is 11.2 Å². The molecular formula is C14H22N2O2. The topological polar surface area (TPSA) is 34.6 Å². The molecule has 0 bridgehead atoms. The van der Waals surface area contributed by atoms with Gasteiger partial charge in [0.2, 0.25) is 0 Å². The smallest absolute Gasteiger partial charge is 0.140 e. The van der Waals surface area contributed by atoms with Crippen molar-refractivity contribution in [2.45, 2.75) is 20.3 Å². The zero-order chi connectivity index (χ0) is 12.8. The van der Waals surface area contributed by atoms with Gasteiger partial charge in [0.1, 0.15) is 12.4 Å². The fraction of sp³-hybridized carbons (Fsp3) is 0.643. The first-order valence-electron chi connectivity index (χ1n) is 6.69. The van der Waals surface area contributed by atoms with Crippen molar-refractivity contribution < 1.29 is 9.47 Å². The lowest BCUT2D eigenvalue weighted by Crippen LogP contribution is -2.38. The van der Waals surface area contributed by atoms with Crippen LogP contribution in [0, 0.1) is 6.92 Å². The predicted octanol–water partition coefficient (Wildman–Crippen LogP) is 1.66. The molecule has 2 heterocycles. The molecule has 4 heteroatoms. The number of aryl methyl sites for hydroxylation is 2. The molecule has 1 aromatic rings. The molecule has 1 aliphatic heterocycles. The van der Waals surface area contributed by atoms with Crippen molar-refractivity contribution in [1.82, 2.24) is 9.88 Å². The van der Waals surface area contributed by atoms with Gasteiger partial charge in [0.15, 0.2) is 0 Å². The van der Waals surface area contributed by atoms with Crippen LogP contribution in [0.3, 0.4) is 0 Å². The Morgan fingerprint density at radius 1 is 1.33 bits per heavy atom. The fourth-order valence-corrected chi connectivity index (χ4v) is 2.09. The maximum absolute atomic E-state index is 5.84. The molecule has 18 heavy (non-hydrogen) atoms. The van der Waals surface area contributed by atoms with Gasteiger partial charge in [0.25, 0.3) is 0 Å². The molecule has 1 aliphatic rings. The summed E-state index contributed by atoms with van der Waals surface area (Å²) in [5, 5.41) is 0. The highest BCUT2D eigenvalue weighted by molar-refractivity contribution is 5.29. The van der Waals surface area contributed by atoms with Crippen LogP contribution in [0.4, 0.5) is 0 Å². The molecule has 0 spiro atoms. The second-order valence-corrected chi connectivity index (χ2v) is 4.55. The van der Waals surface area contributed by atoms with E-state index in [1.807, 2.05) is 19.1 Å². The lowest BCUT2D eigenvalue weighted by Gasteiger charge is -2.26. The fourth-order valence-electron chi connectivity index (χ4n) is 2.09. The maximum atomic E-state index is 5.84. The van der Waals surface area contributed by atoms with E-state index in [1.165, 1.54) is 0 Å². The van der Waals surface area contributed by atoms with Crippen LogP contribution in [0.15, 0.2) is 12.1 Å². The van der Waals surface area contributed by atoms with E-state index in [-0.39, 0.29) is 0 Å². The van der Waals surface area contributed by atoms with E-state index >= 15 is 0 Å². The van der Waals surface area contributed by atoms with Gasteiger partial charge in [-0.3, -0.25) is 9.88 Å². The average molecular weight is 250 g/mol. The molecular weight excluding hydrogens is 228 g/mol. The summed E-state index contributed by atoms with van der Waals surface area (Å²) >= 11 is 0. The zero-order valence-electron chi connectivity index (χ0n) is 11.3. The molecule has 0 amide bonds. The zero-order valence-corrected chi connectivity index (χ0v) is 11.3. The standard InChI is InChI=1S/C14H22N2O2/c1-3-13-14(5-4-12(2)15-13)18-11-8-16-6-9-17-10-7-16/h4-5H,3,6-11H2,1-2H3. The second-order valence-electron chi connectivity index (χ2n) is 4.55. The van der Waals surface area contributed by atoms with Crippen LogP contribution >= 0.6 is 0 Å². The lowest BCUT2D eigenvalue weighted by atomic mass is 10.2. The number of morpholine rings is 1. The molecule has 1 fully saturated rings. The quantitative estimate of drug-likeness (QED) is 0.796. The summed E-state index contributed by atoms with van der Waals surface area (Å²) in [6.45, 7) is 9.50. The average Bonchev–Trinajstić information content (AvgIpc) is 2.41. The Bertz CT molecular complexity index is 376. The third-order valence-corrected chi connectivity index (χ3v) is 3.18. The van der Waals surface area contributed by atoms with Crippen molar-refractivity contribution in [2.75, 3.05) is 39.5 Å². The van der Waals surface area contributed by atoms with Gasteiger partial charge in [-0.1, -0.05) is 6.92 Å². The number of aromatic nitrogens is 1. The SMILES string of the molecule is CCc1nc(C)ccc1OCCN1CCOCC1. The van der Waals surface area contributed by atoms with Crippen LogP contribution in [0.2, 0.25) is 0 Å². The number of nitrogens with zero attached hydrogens (tertiary/aromatic N) is 2. The largest absolute Gasteiger partial charge is 0.490 e. The summed E-state index contributed by atoms with van der Waals surface area (Å²) in [5.74, 6) is 0.927. The number of hydrogen-bond donors (Lipinski definition) is 0. The minimum Gasteiger partial charge on any atom is -0.490 e. The molecule has 2 rings (SSSR count). The minimum atomic E-state index is 0.720. The van der Waals surface area contributed by atoms with Gasteiger partial charge >= 0.3 is 0 Å². The maximum Gasteiger partial charge on any atom is 0.140 e. The number of pyridine rings is 1. The van der Waals surface area contributed by atoms with Crippen molar-refractivity contribution in [2.24, 2.45) is 0 Å². The second kappa shape index (κ2) is 6.71. The lowest BCUT2D eigenvalue weighted by molar-refractivity contribution is 0.0322. The summed E-state index contributed by atoms with van der Waals surface area (Å²) < 4.78 is 11.2. The van der Waals surface area contributed by atoms with Gasteiger partial charge in [-0.15, -0.1) is 0 Å². The monoisotopic (exact) mass is 250 g/mol. The highest BCUT2D eigenvalue weighted by Crippen LogP contribution is 2.17. The minimum absolute atomic E-state index is 0.720. The van der Waals surface area contributed by atoms with Gasteiger partial charge in [0, 0.05) is 25.3 Å². The van der Waals surface area contributed by atoms with Crippen LogP contribution in [0.1, 0.15) is 18.3 Å². The van der Waals surface area contributed by atoms with Crippen molar-refractivity contribution in [1.29, 1.82) is 0 Å². The highest BCUT2D eigenvalue weighted by Gasteiger charge is 2.10. The normalized spacial score (nSPS) is 16.8. The Hall–Kier alpha value is -1.13. The van der Waals surface area contributed by atoms with E-state index in [9.17, 15) is 0 Å². The molecule has 0 radical (unpaired) electrons. The van der Waals surface area contributed by atoms with E-state index in [0.717, 1.165) is 63.0 Å². The van der Waals surface area contributed by atoms with E-state index in [1.54, 1.807) is 0 Å². The Kier molecular flexibility index (Phi) is 4.96. The summed E-state index contributed by atoms with van der Waals surface area (Å²) in [5.41, 5.74) is 2.10. The van der Waals surface area contributed by atoms with Gasteiger partial charge in [-0.2, -0.15) is 0 Å². The molecule has 1 aromatic heterocycles. The molecule has 0 N–H and O–H groups in total. The summed E-state index contributed by atoms with van der Waals surface area (Å²) in [7, 11) is 0. The molecule has 0 atom stereocenters. The molecule has 0 aliphatic carbocycles. The predicted molar refractivity (Wildman–Crippen MR) is 71.1 cm³/mol. The Balaban J connectivity index is 1.82. The van der Waals surface area contributed by atoms with Crippen molar-refractivity contribution in [3.63, 3.8) is 0 Å². The third kappa shape index (κ3) is 3.68. The highest BCUT2D eigenvalue weighted by atomic mass is 16.5. The van der Waals surface area contributed by atoms with Crippen LogP contribution in [0.25, 0.3) is 0 Å². The Labute approximate surface area is 109 Å². The number of ether oxygens (including phenoxy) is 2. The first-order valence-corrected chi connectivity index (χ1v) is 6.69. The van der Waals surface area contributed by atoms with Gasteiger partial charge in [-0.25, -0.2) is 0 Å². The number of rotatable bonds is 5. The molecule has 100 valence electrons. The van der Waals surface area contributed by atoms with Crippen molar-refractivity contribution >= 4 is 0 Å². The van der Waals surface area contributed by atoms with Crippen LogP contribution in [0.5, 0.6) is 5.75 Å². The van der Waals surface area contributed by atoms with E-state index < -0.39 is 0 Å². The molecule has 0 unspecified atom stereocenters. The van der Waals surface area contributed by atoms with Gasteiger partial charge in [0.05, 0.1) is 18.9 Å². The first kappa shape index (κ1) is 13.3. The van der Waals surface area contributed by atoms with Gasteiger partial charge < -0.3 is 9.47 Å². The van der Waals surface area contributed by atoms with Gasteiger partial charge in [-0.05, 0) is 25.5 Å². The van der Waals surface area contributed by atoms with Crippen molar-refractivity contribution in [3.05, 3.63) is 23.5 Å². The Morgan fingerprint density at radius 2 is 2.11 bits per heavy atom. The number of hydrogen-bond acceptors (Lipinski definition) is 4. The van der Waals surface area contributed by atoms with E-state index in [2.05, 4.69) is 16.8 Å². The molecule has 1 saturated heterocycles. The van der Waals surface area contributed by atoms with E-state index in [0.29, 0.717) is 0 Å². The summed E-state index contributed by atoms with van der Waals surface area (Å²) in [6, 6.07) is 4.03. The van der Waals surface area contributed by atoms with E-state index in [4.69, 9.17) is 9.47 Å². The Morgan fingerprint density at radius 3 is 2.83 bits per heavy atom. The summed E-state index contributed by atoms with van der Waals surface area (Å²) in [4.78, 5) is 6.87. The summed E-state index contributed by atoms with van der Waals surface area (Å²) in [6.07, 6.45) is 0.911. The van der Waals surface area contributed by atoms with Crippen LogP contribution < -0.4 is 4.74 Å². The third-order valence-electron chi connectivity index (χ3n) is 3.18. The molecule has 0 aromatic carbocycles. The van der Waals surface area contributed by atoms with Crippen LogP contribution in [-0.4, -0.2) is 49.3 Å². The molecule has 0 saturated carbocycles.